The van der Waals surface area contributed by atoms with E-state index in [0.717, 1.165) is 5.56 Å². The number of pyridine rings is 1. The summed E-state index contributed by atoms with van der Waals surface area (Å²) in [6.07, 6.45) is 0.0586. The molecule has 1 aromatic carbocycles. The van der Waals surface area contributed by atoms with Crippen molar-refractivity contribution in [2.45, 2.75) is 32.9 Å². The summed E-state index contributed by atoms with van der Waals surface area (Å²) in [7, 11) is 1.60. The molecule has 0 radical (unpaired) electrons. The van der Waals surface area contributed by atoms with Crippen LogP contribution in [0, 0.1) is 0 Å². The molecule has 1 unspecified atom stereocenters. The van der Waals surface area contributed by atoms with Gasteiger partial charge in [-0.15, -0.1) is 0 Å². The van der Waals surface area contributed by atoms with Gasteiger partial charge in [-0.3, -0.25) is 0 Å². The fourth-order valence-electron chi connectivity index (χ4n) is 2.24. The predicted octanol–water partition coefficient (Wildman–Crippen LogP) is 3.75. The number of ether oxygens (including phenoxy) is 2. The summed E-state index contributed by atoms with van der Waals surface area (Å²) in [6, 6.07) is 10.5. The zero-order chi connectivity index (χ0) is 17.7. The van der Waals surface area contributed by atoms with Gasteiger partial charge in [0.25, 0.3) is 0 Å². The maximum atomic E-state index is 11.0. The first-order valence-electron chi connectivity index (χ1n) is 7.72. The van der Waals surface area contributed by atoms with Crippen LogP contribution < -0.4 is 14.8 Å². The van der Waals surface area contributed by atoms with Crippen LogP contribution in [0.3, 0.4) is 0 Å². The summed E-state index contributed by atoms with van der Waals surface area (Å²) in [4.78, 5) is 15.1. The Labute approximate surface area is 141 Å². The summed E-state index contributed by atoms with van der Waals surface area (Å²) < 4.78 is 11.1. The highest BCUT2D eigenvalue weighted by Crippen LogP contribution is 2.31. The van der Waals surface area contributed by atoms with Gasteiger partial charge < -0.3 is 19.9 Å². The van der Waals surface area contributed by atoms with Crippen molar-refractivity contribution >= 4 is 11.8 Å². The second kappa shape index (κ2) is 7.68. The number of rotatable bonds is 7. The molecule has 0 saturated heterocycles. The Kier molecular flexibility index (Phi) is 5.63. The molecule has 1 atom stereocenters. The number of nitrogens with zero attached hydrogens (tertiary/aromatic N) is 1. The average molecular weight is 330 g/mol. The fraction of sp³-hybridized carbons (Fsp3) is 0.333. The number of carbonyl (C=O) groups is 1. The molecule has 0 aliphatic rings. The van der Waals surface area contributed by atoms with Crippen molar-refractivity contribution in [2.75, 3.05) is 12.4 Å². The van der Waals surface area contributed by atoms with Gasteiger partial charge >= 0.3 is 5.97 Å². The van der Waals surface area contributed by atoms with Gasteiger partial charge in [0, 0.05) is 0 Å². The molecule has 24 heavy (non-hydrogen) atoms. The summed E-state index contributed by atoms with van der Waals surface area (Å²) >= 11 is 0. The minimum atomic E-state index is -1.05. The predicted molar refractivity (Wildman–Crippen MR) is 92.0 cm³/mol. The van der Waals surface area contributed by atoms with Crippen LogP contribution in [0.2, 0.25) is 0 Å². The number of carboxylic acid groups (broad SMARTS) is 1. The van der Waals surface area contributed by atoms with E-state index < -0.39 is 5.97 Å². The molecule has 1 heterocycles. The maximum Gasteiger partial charge on any atom is 0.354 e. The third-order valence-electron chi connectivity index (χ3n) is 3.38. The Hall–Kier alpha value is -2.76. The topological polar surface area (TPSA) is 80.7 Å². The molecule has 6 heteroatoms. The Bertz CT molecular complexity index is 716. The number of aromatic carboxylic acids is 1. The Morgan fingerprint density at radius 3 is 2.54 bits per heavy atom. The molecule has 0 fully saturated rings. The highest BCUT2D eigenvalue weighted by Gasteiger charge is 2.13. The summed E-state index contributed by atoms with van der Waals surface area (Å²) in [6.45, 7) is 5.88. The summed E-state index contributed by atoms with van der Waals surface area (Å²) in [5.74, 6) is 0.795. The summed E-state index contributed by atoms with van der Waals surface area (Å²) in [5, 5.41) is 12.2. The van der Waals surface area contributed by atoms with E-state index in [1.807, 2.05) is 39.0 Å². The van der Waals surface area contributed by atoms with E-state index in [1.54, 1.807) is 19.2 Å². The molecule has 128 valence electrons. The number of methoxy groups -OCH3 is 1. The van der Waals surface area contributed by atoms with E-state index in [-0.39, 0.29) is 17.8 Å². The first-order chi connectivity index (χ1) is 11.4. The standard InChI is InChI=1S/C18H22N2O4/c1-11(2)24-15-9-8-13(10-16(15)23-4)12(3)19-17-7-5-6-14(20-17)18(21)22/h5-12H,1-4H3,(H,19,20)(H,21,22). The lowest BCUT2D eigenvalue weighted by atomic mass is 10.1. The van der Waals surface area contributed by atoms with Gasteiger partial charge in [0.15, 0.2) is 17.2 Å². The molecule has 0 amide bonds. The highest BCUT2D eigenvalue weighted by molar-refractivity contribution is 5.85. The number of hydrogen-bond donors (Lipinski definition) is 2. The first-order valence-corrected chi connectivity index (χ1v) is 7.72. The van der Waals surface area contributed by atoms with Gasteiger partial charge in [0.05, 0.1) is 19.3 Å². The van der Waals surface area contributed by atoms with E-state index in [4.69, 9.17) is 14.6 Å². The SMILES string of the molecule is COc1cc(C(C)Nc2cccc(C(=O)O)n2)ccc1OC(C)C. The number of nitrogens with one attached hydrogen (secondary N) is 1. The molecule has 0 aliphatic carbocycles. The summed E-state index contributed by atoms with van der Waals surface area (Å²) in [5.41, 5.74) is 0.982. The largest absolute Gasteiger partial charge is 0.493 e. The van der Waals surface area contributed by atoms with Crippen LogP contribution in [0.1, 0.15) is 42.9 Å². The van der Waals surface area contributed by atoms with Crippen LogP contribution >= 0.6 is 0 Å². The zero-order valence-corrected chi connectivity index (χ0v) is 14.2. The average Bonchev–Trinajstić information content (AvgIpc) is 2.54. The van der Waals surface area contributed by atoms with Crippen molar-refractivity contribution in [2.24, 2.45) is 0 Å². The first kappa shape index (κ1) is 17.6. The Morgan fingerprint density at radius 1 is 1.17 bits per heavy atom. The van der Waals surface area contributed by atoms with Crippen molar-refractivity contribution < 1.29 is 19.4 Å². The molecule has 0 saturated carbocycles. The van der Waals surface area contributed by atoms with E-state index in [2.05, 4.69) is 10.3 Å². The number of hydrogen-bond acceptors (Lipinski definition) is 5. The van der Waals surface area contributed by atoms with Crippen LogP contribution in [0.15, 0.2) is 36.4 Å². The van der Waals surface area contributed by atoms with E-state index >= 15 is 0 Å². The minimum absolute atomic E-state index is 0.00506. The normalized spacial score (nSPS) is 11.9. The van der Waals surface area contributed by atoms with Crippen molar-refractivity contribution in [1.29, 1.82) is 0 Å². The minimum Gasteiger partial charge on any atom is -0.493 e. The molecule has 2 rings (SSSR count). The van der Waals surface area contributed by atoms with Gasteiger partial charge in [-0.05, 0) is 50.6 Å². The van der Waals surface area contributed by atoms with E-state index in [0.29, 0.717) is 17.3 Å². The molecule has 0 aliphatic heterocycles. The molecule has 6 nitrogen and oxygen atoms in total. The van der Waals surface area contributed by atoms with Crippen molar-refractivity contribution in [3.05, 3.63) is 47.7 Å². The fourth-order valence-corrected chi connectivity index (χ4v) is 2.24. The van der Waals surface area contributed by atoms with Crippen molar-refractivity contribution in [3.63, 3.8) is 0 Å². The van der Waals surface area contributed by atoms with E-state index in [9.17, 15) is 4.79 Å². The molecular formula is C18H22N2O4. The van der Waals surface area contributed by atoms with Crippen LogP contribution in [0.4, 0.5) is 5.82 Å². The smallest absolute Gasteiger partial charge is 0.354 e. The quantitative estimate of drug-likeness (QED) is 0.805. The van der Waals surface area contributed by atoms with E-state index in [1.165, 1.54) is 6.07 Å². The van der Waals surface area contributed by atoms with Gasteiger partial charge in [0.1, 0.15) is 5.82 Å². The lowest BCUT2D eigenvalue weighted by Gasteiger charge is -2.18. The van der Waals surface area contributed by atoms with Gasteiger partial charge in [-0.2, -0.15) is 0 Å². The highest BCUT2D eigenvalue weighted by atomic mass is 16.5. The number of benzene rings is 1. The lowest BCUT2D eigenvalue weighted by molar-refractivity contribution is 0.0690. The van der Waals surface area contributed by atoms with Crippen molar-refractivity contribution in [3.8, 4) is 11.5 Å². The number of aromatic nitrogens is 1. The second-order valence-corrected chi connectivity index (χ2v) is 5.66. The number of anilines is 1. The molecular weight excluding hydrogens is 308 g/mol. The molecule has 0 bridgehead atoms. The Balaban J connectivity index is 2.19. The molecule has 2 N–H and O–H groups in total. The molecule has 1 aromatic heterocycles. The monoisotopic (exact) mass is 330 g/mol. The third kappa shape index (κ3) is 4.38. The molecule has 2 aromatic rings. The van der Waals surface area contributed by atoms with Crippen molar-refractivity contribution in [1.82, 2.24) is 4.98 Å². The number of carboxylic acids is 1. The maximum absolute atomic E-state index is 11.0. The lowest BCUT2D eigenvalue weighted by Crippen LogP contribution is -2.11. The van der Waals surface area contributed by atoms with Crippen LogP contribution in [-0.2, 0) is 0 Å². The van der Waals surface area contributed by atoms with Gasteiger partial charge in [-0.25, -0.2) is 9.78 Å². The Morgan fingerprint density at radius 2 is 1.92 bits per heavy atom. The van der Waals surface area contributed by atoms with Crippen LogP contribution in [-0.4, -0.2) is 29.3 Å². The third-order valence-corrected chi connectivity index (χ3v) is 3.38. The van der Waals surface area contributed by atoms with Gasteiger partial charge in [-0.1, -0.05) is 12.1 Å². The zero-order valence-electron chi connectivity index (χ0n) is 14.2. The molecule has 0 spiro atoms. The van der Waals surface area contributed by atoms with Gasteiger partial charge in [0.2, 0.25) is 0 Å². The van der Waals surface area contributed by atoms with Crippen LogP contribution in [0.25, 0.3) is 0 Å². The second-order valence-electron chi connectivity index (χ2n) is 5.66. The van der Waals surface area contributed by atoms with Crippen LogP contribution in [0.5, 0.6) is 11.5 Å².